The lowest BCUT2D eigenvalue weighted by Crippen LogP contribution is -2.18. The Morgan fingerprint density at radius 2 is 1.89 bits per heavy atom. The summed E-state index contributed by atoms with van der Waals surface area (Å²) in [6, 6.07) is 10.7. The molecular formula is C26H23N7O2. The van der Waals surface area contributed by atoms with Gasteiger partial charge in [-0.3, -0.25) is 14.7 Å². The lowest BCUT2D eigenvalue weighted by molar-refractivity contribution is 0.101. The molecule has 0 unspecified atom stereocenters. The molecule has 1 amide bonds. The van der Waals surface area contributed by atoms with Crippen LogP contribution in [0, 0.1) is 6.92 Å². The molecule has 5 rings (SSSR count). The molecule has 0 radical (unpaired) electrons. The van der Waals surface area contributed by atoms with Gasteiger partial charge < -0.3 is 14.9 Å². The van der Waals surface area contributed by atoms with Crippen LogP contribution in [-0.4, -0.2) is 41.4 Å². The van der Waals surface area contributed by atoms with Crippen molar-refractivity contribution in [3.8, 4) is 0 Å². The molecule has 0 aliphatic carbocycles. The second kappa shape index (κ2) is 9.22. The highest BCUT2D eigenvalue weighted by Gasteiger charge is 2.16. The van der Waals surface area contributed by atoms with Crippen LogP contribution in [0.5, 0.6) is 0 Å². The molecule has 0 atom stereocenters. The van der Waals surface area contributed by atoms with Gasteiger partial charge in [-0.1, -0.05) is 18.2 Å². The molecule has 174 valence electrons. The lowest BCUT2D eigenvalue weighted by Gasteiger charge is -2.11. The van der Waals surface area contributed by atoms with Crippen LogP contribution >= 0.6 is 0 Å². The molecule has 9 nitrogen and oxygen atoms in total. The smallest absolute Gasteiger partial charge is 0.291 e. The Labute approximate surface area is 200 Å². The van der Waals surface area contributed by atoms with Gasteiger partial charge >= 0.3 is 0 Å². The molecule has 0 saturated carbocycles. The molecular weight excluding hydrogens is 442 g/mol. The Kier molecular flexibility index (Phi) is 5.80. The van der Waals surface area contributed by atoms with E-state index in [0.29, 0.717) is 29.2 Å². The maximum atomic E-state index is 13.3. The molecule has 0 saturated heterocycles. The van der Waals surface area contributed by atoms with Gasteiger partial charge in [-0.25, -0.2) is 9.97 Å². The number of aromatic amines is 2. The maximum Gasteiger partial charge on any atom is 0.291 e. The van der Waals surface area contributed by atoms with E-state index in [1.165, 1.54) is 0 Å². The summed E-state index contributed by atoms with van der Waals surface area (Å²) in [5.74, 6) is 0.581. The van der Waals surface area contributed by atoms with Gasteiger partial charge in [0.2, 0.25) is 0 Å². The Hall–Kier alpha value is -4.79. The fourth-order valence-corrected chi connectivity index (χ4v) is 3.85. The zero-order chi connectivity index (χ0) is 24.4. The van der Waals surface area contributed by atoms with Crippen molar-refractivity contribution >= 4 is 40.4 Å². The molecule has 0 aliphatic rings. The number of hydrogen-bond acceptors (Lipinski definition) is 5. The number of carbonyl (C=O) groups excluding carboxylic acids is 2. The monoisotopic (exact) mass is 465 g/mol. The average Bonchev–Trinajstić information content (AvgIpc) is 3.64. The second-order valence-corrected chi connectivity index (χ2v) is 8.03. The number of fused-ring (bicyclic) bond motifs is 1. The first-order valence-corrected chi connectivity index (χ1v) is 11.2. The topological polar surface area (TPSA) is 121 Å². The van der Waals surface area contributed by atoms with Gasteiger partial charge in [-0.2, -0.15) is 5.10 Å². The van der Waals surface area contributed by atoms with Gasteiger partial charge in [0.05, 0.1) is 11.2 Å². The fraction of sp³-hybridized carbons (Fsp3) is 0.115. The maximum absolute atomic E-state index is 13.3. The van der Waals surface area contributed by atoms with E-state index in [1.54, 1.807) is 53.6 Å². The molecule has 0 bridgehead atoms. The minimum Gasteiger partial charge on any atom is -0.345 e. The van der Waals surface area contributed by atoms with Gasteiger partial charge in [0.25, 0.3) is 5.91 Å². The van der Waals surface area contributed by atoms with Crippen molar-refractivity contribution in [3.05, 3.63) is 95.2 Å². The summed E-state index contributed by atoms with van der Waals surface area (Å²) in [6.07, 6.45) is 10.5. The summed E-state index contributed by atoms with van der Waals surface area (Å²) >= 11 is 0. The Bertz CT molecular complexity index is 1560. The van der Waals surface area contributed by atoms with Crippen molar-refractivity contribution in [2.75, 3.05) is 5.32 Å². The van der Waals surface area contributed by atoms with Gasteiger partial charge in [0.1, 0.15) is 5.82 Å². The number of nitrogens with zero attached hydrogens (tertiary/aromatic N) is 4. The van der Waals surface area contributed by atoms with Gasteiger partial charge in [0, 0.05) is 53.5 Å². The summed E-state index contributed by atoms with van der Waals surface area (Å²) in [5, 5.41) is 11.1. The van der Waals surface area contributed by atoms with Crippen LogP contribution in [-0.2, 0) is 6.54 Å². The van der Waals surface area contributed by atoms with Crippen LogP contribution in [0.15, 0.2) is 61.2 Å². The van der Waals surface area contributed by atoms with E-state index >= 15 is 0 Å². The average molecular weight is 466 g/mol. The summed E-state index contributed by atoms with van der Waals surface area (Å²) in [7, 11) is 0. The second-order valence-electron chi connectivity index (χ2n) is 8.03. The standard InChI is InChI=1S/C26H23N7O2/c1-3-33-13-12-29-25(33)26(35)30-21-14-17(5-4-16(21)2)24(34)18-6-7-19-20(31-32-22(19)15-18)8-9-23-27-10-11-28-23/h4-15H,3H2,1-2H3,(H,27,28)(H,30,35)(H,31,32). The minimum atomic E-state index is -0.321. The van der Waals surface area contributed by atoms with Crippen LogP contribution < -0.4 is 5.32 Å². The number of anilines is 1. The molecule has 2 aromatic carbocycles. The van der Waals surface area contributed by atoms with E-state index in [1.807, 2.05) is 38.1 Å². The van der Waals surface area contributed by atoms with E-state index in [9.17, 15) is 9.59 Å². The molecule has 3 aromatic heterocycles. The molecule has 3 heterocycles. The van der Waals surface area contributed by atoms with Crippen molar-refractivity contribution < 1.29 is 9.59 Å². The predicted octanol–water partition coefficient (Wildman–Crippen LogP) is 4.46. The van der Waals surface area contributed by atoms with Crippen molar-refractivity contribution in [2.24, 2.45) is 0 Å². The first-order valence-electron chi connectivity index (χ1n) is 11.2. The van der Waals surface area contributed by atoms with Gasteiger partial charge in [-0.05, 0) is 49.8 Å². The summed E-state index contributed by atoms with van der Waals surface area (Å²) in [5.41, 5.74) is 3.91. The highest BCUT2D eigenvalue weighted by atomic mass is 16.2. The summed E-state index contributed by atoms with van der Waals surface area (Å²) < 4.78 is 1.76. The number of imidazole rings is 2. The van der Waals surface area contributed by atoms with Crippen LogP contribution in [0.2, 0.25) is 0 Å². The number of benzene rings is 2. The number of H-pyrrole nitrogens is 2. The number of aryl methyl sites for hydroxylation is 2. The third kappa shape index (κ3) is 4.39. The first kappa shape index (κ1) is 22.0. The highest BCUT2D eigenvalue weighted by molar-refractivity contribution is 6.12. The third-order valence-electron chi connectivity index (χ3n) is 5.78. The SMILES string of the molecule is CCn1ccnc1C(=O)Nc1cc(C(=O)c2ccc3c(C=Cc4ncc[nH]4)n[nH]c3c2)ccc1C. The third-order valence-corrected chi connectivity index (χ3v) is 5.78. The number of amides is 1. The molecule has 35 heavy (non-hydrogen) atoms. The van der Waals surface area contributed by atoms with Gasteiger partial charge in [-0.15, -0.1) is 0 Å². The molecule has 5 aromatic rings. The number of nitrogens with one attached hydrogen (secondary N) is 3. The number of ketones is 1. The lowest BCUT2D eigenvalue weighted by atomic mass is 10.00. The largest absolute Gasteiger partial charge is 0.345 e. The minimum absolute atomic E-state index is 0.153. The summed E-state index contributed by atoms with van der Waals surface area (Å²) in [6.45, 7) is 4.46. The summed E-state index contributed by atoms with van der Waals surface area (Å²) in [4.78, 5) is 37.3. The van der Waals surface area contributed by atoms with Crippen LogP contribution in [0.25, 0.3) is 23.1 Å². The Balaban J connectivity index is 1.39. The zero-order valence-electron chi connectivity index (χ0n) is 19.2. The predicted molar refractivity (Wildman–Crippen MR) is 134 cm³/mol. The number of carbonyl (C=O) groups is 2. The van der Waals surface area contributed by atoms with Crippen molar-refractivity contribution in [1.29, 1.82) is 0 Å². The Morgan fingerprint density at radius 3 is 2.69 bits per heavy atom. The molecule has 3 N–H and O–H groups in total. The Morgan fingerprint density at radius 1 is 1.06 bits per heavy atom. The number of rotatable bonds is 7. The number of hydrogen-bond donors (Lipinski definition) is 3. The fourth-order valence-electron chi connectivity index (χ4n) is 3.85. The van der Waals surface area contributed by atoms with E-state index in [0.717, 1.165) is 28.0 Å². The van der Waals surface area contributed by atoms with Gasteiger partial charge in [0.15, 0.2) is 11.6 Å². The van der Waals surface area contributed by atoms with E-state index < -0.39 is 0 Å². The van der Waals surface area contributed by atoms with E-state index in [4.69, 9.17) is 0 Å². The van der Waals surface area contributed by atoms with Crippen molar-refractivity contribution in [2.45, 2.75) is 20.4 Å². The number of aromatic nitrogens is 6. The van der Waals surface area contributed by atoms with Crippen LogP contribution in [0.3, 0.4) is 0 Å². The first-order chi connectivity index (χ1) is 17.0. The van der Waals surface area contributed by atoms with Crippen LogP contribution in [0.1, 0.15) is 50.5 Å². The highest BCUT2D eigenvalue weighted by Crippen LogP contribution is 2.23. The molecule has 0 aliphatic heterocycles. The zero-order valence-corrected chi connectivity index (χ0v) is 19.2. The van der Waals surface area contributed by atoms with Crippen molar-refractivity contribution in [1.82, 2.24) is 29.7 Å². The molecule has 0 fully saturated rings. The van der Waals surface area contributed by atoms with E-state index in [2.05, 4.69) is 30.5 Å². The van der Waals surface area contributed by atoms with Crippen LogP contribution in [0.4, 0.5) is 5.69 Å². The molecule has 9 heteroatoms. The molecule has 0 spiro atoms. The van der Waals surface area contributed by atoms with E-state index in [-0.39, 0.29) is 11.7 Å². The van der Waals surface area contributed by atoms with Crippen molar-refractivity contribution in [3.63, 3.8) is 0 Å². The quantitative estimate of drug-likeness (QED) is 0.306. The normalized spacial score (nSPS) is 11.4.